The number of benzene rings is 2. The van der Waals surface area contributed by atoms with E-state index < -0.39 is 11.7 Å². The number of hydrogen-bond acceptors (Lipinski definition) is 3. The average Bonchev–Trinajstić information content (AvgIpc) is 2.69. The number of anilines is 1. The molecule has 1 saturated heterocycles. The van der Waals surface area contributed by atoms with Crippen molar-refractivity contribution in [2.24, 2.45) is 0 Å². The zero-order valence-electron chi connectivity index (χ0n) is 14.7. The number of nitrogens with zero attached hydrogens (tertiary/aromatic N) is 1. The van der Waals surface area contributed by atoms with Crippen LogP contribution in [0, 0.1) is 5.82 Å². The number of hydrogen-bond donors (Lipinski definition) is 2. The second-order valence-corrected chi connectivity index (χ2v) is 6.72. The van der Waals surface area contributed by atoms with E-state index in [-0.39, 0.29) is 11.0 Å². The van der Waals surface area contributed by atoms with E-state index in [2.05, 4.69) is 10.6 Å². The Hall–Kier alpha value is -2.80. The van der Waals surface area contributed by atoms with Gasteiger partial charge in [-0.1, -0.05) is 12.1 Å². The van der Waals surface area contributed by atoms with Gasteiger partial charge >= 0.3 is 0 Å². The Morgan fingerprint density at radius 2 is 1.63 bits per heavy atom. The summed E-state index contributed by atoms with van der Waals surface area (Å²) in [6, 6.07) is 12.2. The molecule has 0 aliphatic carbocycles. The van der Waals surface area contributed by atoms with Crippen LogP contribution in [0.1, 0.15) is 40.0 Å². The van der Waals surface area contributed by atoms with Gasteiger partial charge in [-0.3, -0.25) is 14.9 Å². The Bertz CT molecular complexity index is 849. The quantitative estimate of drug-likeness (QED) is 0.793. The SMILES string of the molecule is O=C(NC(=S)Nc1ccccc1C(=O)N1CCCCC1)c1ccc(F)cc1. The van der Waals surface area contributed by atoms with Crippen LogP contribution in [0.5, 0.6) is 0 Å². The third kappa shape index (κ3) is 4.89. The van der Waals surface area contributed by atoms with Crippen LogP contribution < -0.4 is 10.6 Å². The first-order chi connectivity index (χ1) is 13.0. The van der Waals surface area contributed by atoms with Crippen molar-refractivity contribution in [1.29, 1.82) is 0 Å². The lowest BCUT2D eigenvalue weighted by Gasteiger charge is -2.27. The van der Waals surface area contributed by atoms with Crippen LogP contribution in [0.15, 0.2) is 48.5 Å². The van der Waals surface area contributed by atoms with Crippen LogP contribution in [0.4, 0.5) is 10.1 Å². The molecule has 5 nitrogen and oxygen atoms in total. The van der Waals surface area contributed by atoms with Crippen LogP contribution >= 0.6 is 12.2 Å². The molecule has 27 heavy (non-hydrogen) atoms. The van der Waals surface area contributed by atoms with E-state index in [1.807, 2.05) is 4.90 Å². The van der Waals surface area contributed by atoms with Gasteiger partial charge in [0.25, 0.3) is 11.8 Å². The Morgan fingerprint density at radius 1 is 0.963 bits per heavy atom. The van der Waals surface area contributed by atoms with Crippen LogP contribution in [0.3, 0.4) is 0 Å². The van der Waals surface area contributed by atoms with Crippen LogP contribution in [0.25, 0.3) is 0 Å². The van der Waals surface area contributed by atoms with E-state index in [0.717, 1.165) is 32.4 Å². The number of piperidine rings is 1. The molecule has 0 atom stereocenters. The van der Waals surface area contributed by atoms with E-state index in [0.29, 0.717) is 16.8 Å². The first-order valence-electron chi connectivity index (χ1n) is 8.81. The number of carbonyl (C=O) groups excluding carboxylic acids is 2. The highest BCUT2D eigenvalue weighted by Crippen LogP contribution is 2.20. The normalized spacial score (nSPS) is 13.7. The van der Waals surface area contributed by atoms with Gasteiger partial charge in [0.05, 0.1) is 11.3 Å². The summed E-state index contributed by atoms with van der Waals surface area (Å²) in [5.74, 6) is -0.921. The fourth-order valence-electron chi connectivity index (χ4n) is 2.98. The van der Waals surface area contributed by atoms with Crippen LogP contribution in [-0.4, -0.2) is 34.9 Å². The molecule has 0 unspecified atom stereocenters. The number of likely N-dealkylation sites (tertiary alicyclic amines) is 1. The minimum atomic E-state index is -0.452. The van der Waals surface area contributed by atoms with E-state index in [4.69, 9.17) is 12.2 Å². The molecule has 7 heteroatoms. The summed E-state index contributed by atoms with van der Waals surface area (Å²) in [5, 5.41) is 5.54. The van der Waals surface area contributed by atoms with Crippen molar-refractivity contribution >= 4 is 34.8 Å². The highest BCUT2D eigenvalue weighted by molar-refractivity contribution is 7.80. The Kier molecular flexibility index (Phi) is 6.13. The minimum absolute atomic E-state index is 0.0505. The first kappa shape index (κ1) is 19.0. The molecule has 1 fully saturated rings. The molecule has 0 spiro atoms. The van der Waals surface area contributed by atoms with Crippen molar-refractivity contribution in [3.05, 3.63) is 65.5 Å². The van der Waals surface area contributed by atoms with Crippen molar-refractivity contribution in [2.45, 2.75) is 19.3 Å². The summed E-state index contributed by atoms with van der Waals surface area (Å²) in [5.41, 5.74) is 1.34. The van der Waals surface area contributed by atoms with Crippen molar-refractivity contribution in [2.75, 3.05) is 18.4 Å². The molecule has 0 radical (unpaired) electrons. The Morgan fingerprint density at radius 3 is 2.33 bits per heavy atom. The number of amides is 2. The molecule has 2 N–H and O–H groups in total. The van der Waals surface area contributed by atoms with Gasteiger partial charge in [0.1, 0.15) is 5.82 Å². The van der Waals surface area contributed by atoms with Crippen molar-refractivity contribution in [1.82, 2.24) is 10.2 Å². The first-order valence-corrected chi connectivity index (χ1v) is 9.21. The predicted molar refractivity (Wildman–Crippen MR) is 106 cm³/mol. The maximum absolute atomic E-state index is 13.0. The lowest BCUT2D eigenvalue weighted by atomic mass is 10.1. The molecule has 2 aromatic carbocycles. The molecule has 0 saturated carbocycles. The van der Waals surface area contributed by atoms with E-state index >= 15 is 0 Å². The summed E-state index contributed by atoms with van der Waals surface area (Å²) in [7, 11) is 0. The standard InChI is InChI=1S/C20H20FN3O2S/c21-15-10-8-14(9-11-15)18(25)23-20(27)22-17-7-3-2-6-16(17)19(26)24-12-4-1-5-13-24/h2-3,6-11H,1,4-5,12-13H2,(H2,22,23,25,27). The van der Waals surface area contributed by atoms with Crippen molar-refractivity contribution in [3.63, 3.8) is 0 Å². The Labute approximate surface area is 162 Å². The van der Waals surface area contributed by atoms with E-state index in [9.17, 15) is 14.0 Å². The van der Waals surface area contributed by atoms with Crippen LogP contribution in [0.2, 0.25) is 0 Å². The maximum Gasteiger partial charge on any atom is 0.257 e. The summed E-state index contributed by atoms with van der Waals surface area (Å²) in [4.78, 5) is 26.8. The zero-order chi connectivity index (χ0) is 19.2. The predicted octanol–water partition coefficient (Wildman–Crippen LogP) is 3.58. The molecule has 0 bridgehead atoms. The topological polar surface area (TPSA) is 61.4 Å². The number of halogens is 1. The smallest absolute Gasteiger partial charge is 0.257 e. The minimum Gasteiger partial charge on any atom is -0.339 e. The molecule has 2 amide bonds. The molecule has 1 heterocycles. The van der Waals surface area contributed by atoms with E-state index in [1.165, 1.54) is 24.3 Å². The molecular formula is C20H20FN3O2S. The maximum atomic E-state index is 13.0. The second kappa shape index (κ2) is 8.73. The molecule has 0 aromatic heterocycles. The third-order valence-corrected chi connectivity index (χ3v) is 4.59. The van der Waals surface area contributed by atoms with Gasteiger partial charge in [-0.15, -0.1) is 0 Å². The number of thiocarbonyl (C=S) groups is 1. The number of rotatable bonds is 3. The molecule has 1 aliphatic heterocycles. The molecule has 2 aromatic rings. The van der Waals surface area contributed by atoms with Crippen molar-refractivity contribution < 1.29 is 14.0 Å². The summed E-state index contributed by atoms with van der Waals surface area (Å²) >= 11 is 5.20. The lowest BCUT2D eigenvalue weighted by Crippen LogP contribution is -2.37. The van der Waals surface area contributed by atoms with Gasteiger partial charge in [0.2, 0.25) is 0 Å². The average molecular weight is 385 g/mol. The molecule has 140 valence electrons. The van der Waals surface area contributed by atoms with Crippen LogP contribution in [-0.2, 0) is 0 Å². The van der Waals surface area contributed by atoms with Gasteiger partial charge in [-0.05, 0) is 67.9 Å². The van der Waals surface area contributed by atoms with Gasteiger partial charge in [0.15, 0.2) is 5.11 Å². The molecule has 1 aliphatic rings. The highest BCUT2D eigenvalue weighted by atomic mass is 32.1. The van der Waals surface area contributed by atoms with Gasteiger partial charge < -0.3 is 10.2 Å². The Balaban J connectivity index is 1.68. The van der Waals surface area contributed by atoms with Gasteiger partial charge in [-0.25, -0.2) is 4.39 Å². The van der Waals surface area contributed by atoms with Crippen molar-refractivity contribution in [3.8, 4) is 0 Å². The zero-order valence-corrected chi connectivity index (χ0v) is 15.5. The number of nitrogens with one attached hydrogen (secondary N) is 2. The van der Waals surface area contributed by atoms with Gasteiger partial charge in [-0.2, -0.15) is 0 Å². The lowest BCUT2D eigenvalue weighted by molar-refractivity contribution is 0.0725. The van der Waals surface area contributed by atoms with Gasteiger partial charge in [0, 0.05) is 18.7 Å². The van der Waals surface area contributed by atoms with E-state index in [1.54, 1.807) is 24.3 Å². The highest BCUT2D eigenvalue weighted by Gasteiger charge is 2.21. The largest absolute Gasteiger partial charge is 0.339 e. The second-order valence-electron chi connectivity index (χ2n) is 6.31. The fraction of sp³-hybridized carbons (Fsp3) is 0.250. The monoisotopic (exact) mass is 385 g/mol. The summed E-state index contributed by atoms with van der Waals surface area (Å²) in [6.45, 7) is 1.50. The fourth-order valence-corrected chi connectivity index (χ4v) is 3.18. The third-order valence-electron chi connectivity index (χ3n) is 4.38. The molecule has 3 rings (SSSR count). The number of carbonyl (C=O) groups is 2. The summed E-state index contributed by atoms with van der Waals surface area (Å²) < 4.78 is 13.0. The summed E-state index contributed by atoms with van der Waals surface area (Å²) in [6.07, 6.45) is 3.16. The molecular weight excluding hydrogens is 365 g/mol. The number of para-hydroxylation sites is 1.